The lowest BCUT2D eigenvalue weighted by Gasteiger charge is -2.21. The van der Waals surface area contributed by atoms with E-state index in [1.54, 1.807) is 0 Å². The second-order valence-corrected chi connectivity index (χ2v) is 17.0. The fraction of sp³-hybridized carbons (Fsp3) is 0.0526. The lowest BCUT2D eigenvalue weighted by molar-refractivity contribution is 0.660. The molecule has 0 spiro atoms. The highest BCUT2D eigenvalue weighted by Gasteiger charge is 2.36. The molecule has 4 heteroatoms. The van der Waals surface area contributed by atoms with Crippen molar-refractivity contribution in [1.29, 1.82) is 0 Å². The van der Waals surface area contributed by atoms with Crippen LogP contribution in [0.15, 0.2) is 192 Å². The van der Waals surface area contributed by atoms with Crippen LogP contribution >= 0.6 is 0 Å². The molecule has 0 atom stereocenters. The Kier molecular flexibility index (Phi) is 7.04. The molecule has 0 N–H and O–H groups in total. The Balaban J connectivity index is 1.06. The molecule has 9 aromatic carbocycles. The maximum Gasteiger partial charge on any atom is 0.235 e. The predicted octanol–water partition coefficient (Wildman–Crippen LogP) is 15.1. The molecule has 12 aromatic rings. The lowest BCUT2D eigenvalue weighted by atomic mass is 9.82. The van der Waals surface area contributed by atoms with E-state index in [9.17, 15) is 0 Å². The van der Waals surface area contributed by atoms with E-state index in [1.165, 1.54) is 54.9 Å². The van der Waals surface area contributed by atoms with Crippen molar-refractivity contribution in [3.05, 3.63) is 199 Å². The molecule has 0 unspecified atom stereocenters. The van der Waals surface area contributed by atoms with Gasteiger partial charge in [-0.25, -0.2) is 9.97 Å². The van der Waals surface area contributed by atoms with Gasteiger partial charge < -0.3 is 4.42 Å². The monoisotopic (exact) mass is 779 g/mol. The van der Waals surface area contributed by atoms with Gasteiger partial charge in [0.15, 0.2) is 0 Å². The Hall–Kier alpha value is -7.82. The van der Waals surface area contributed by atoms with Crippen LogP contribution in [0.1, 0.15) is 25.0 Å². The first-order chi connectivity index (χ1) is 30.0. The summed E-state index contributed by atoms with van der Waals surface area (Å²) in [6.07, 6.45) is 0. The normalized spacial score (nSPS) is 13.2. The highest BCUT2D eigenvalue weighted by Crippen LogP contribution is 2.52. The minimum Gasteiger partial charge on any atom is -0.456 e. The van der Waals surface area contributed by atoms with Crippen molar-refractivity contribution >= 4 is 65.4 Å². The smallest absolute Gasteiger partial charge is 0.235 e. The molecule has 1 aliphatic rings. The van der Waals surface area contributed by atoms with Crippen molar-refractivity contribution in [3.63, 3.8) is 0 Å². The molecule has 0 saturated heterocycles. The Morgan fingerprint density at radius 1 is 0.426 bits per heavy atom. The van der Waals surface area contributed by atoms with Crippen molar-refractivity contribution in [1.82, 2.24) is 14.5 Å². The summed E-state index contributed by atoms with van der Waals surface area (Å²) in [5.74, 6) is 0.641. The number of benzene rings is 9. The number of hydrogen-bond acceptors (Lipinski definition) is 3. The van der Waals surface area contributed by atoms with Crippen LogP contribution in [0.4, 0.5) is 0 Å². The van der Waals surface area contributed by atoms with Crippen LogP contribution in [0.2, 0.25) is 0 Å². The summed E-state index contributed by atoms with van der Waals surface area (Å²) in [5.41, 5.74) is 16.6. The number of para-hydroxylation sites is 1. The van der Waals surface area contributed by atoms with Gasteiger partial charge in [0, 0.05) is 37.9 Å². The first kappa shape index (κ1) is 34.1. The topological polar surface area (TPSA) is 43.9 Å². The van der Waals surface area contributed by atoms with E-state index in [2.05, 4.69) is 194 Å². The Morgan fingerprint density at radius 2 is 1.10 bits per heavy atom. The maximum atomic E-state index is 6.18. The number of hydrogen-bond donors (Lipinski definition) is 0. The van der Waals surface area contributed by atoms with Gasteiger partial charge in [0.1, 0.15) is 11.2 Å². The summed E-state index contributed by atoms with van der Waals surface area (Å²) in [7, 11) is 0. The summed E-state index contributed by atoms with van der Waals surface area (Å²) in [6.45, 7) is 4.69. The summed E-state index contributed by atoms with van der Waals surface area (Å²) < 4.78 is 8.47. The predicted molar refractivity (Wildman–Crippen MR) is 253 cm³/mol. The molecule has 286 valence electrons. The number of rotatable bonds is 4. The van der Waals surface area contributed by atoms with Crippen LogP contribution in [-0.2, 0) is 5.41 Å². The largest absolute Gasteiger partial charge is 0.456 e. The van der Waals surface area contributed by atoms with E-state index in [1.807, 2.05) is 12.1 Å². The minimum absolute atomic E-state index is 0.0892. The Labute approximate surface area is 352 Å². The van der Waals surface area contributed by atoms with Gasteiger partial charge in [0.25, 0.3) is 0 Å². The van der Waals surface area contributed by atoms with E-state index in [-0.39, 0.29) is 5.41 Å². The van der Waals surface area contributed by atoms with Crippen LogP contribution in [0.25, 0.3) is 116 Å². The molecule has 1 aliphatic carbocycles. The highest BCUT2D eigenvalue weighted by atomic mass is 16.3. The molecule has 61 heavy (non-hydrogen) atoms. The fourth-order valence-electron chi connectivity index (χ4n) is 10.2. The molecule has 0 saturated carbocycles. The van der Waals surface area contributed by atoms with Crippen LogP contribution in [0, 0.1) is 0 Å². The zero-order valence-electron chi connectivity index (χ0n) is 33.6. The second kappa shape index (κ2) is 12.6. The molecular formula is C57H37N3O. The number of aromatic nitrogens is 3. The van der Waals surface area contributed by atoms with Crippen LogP contribution in [0.3, 0.4) is 0 Å². The van der Waals surface area contributed by atoms with Gasteiger partial charge in [-0.15, -0.1) is 0 Å². The van der Waals surface area contributed by atoms with Gasteiger partial charge in [-0.3, -0.25) is 4.57 Å². The standard InChI is InChI=1S/C57H37N3O/c1-57(2)47-20-10-8-18-43(47)54-40(19-12-21-48(54)57)39-23-26-41-44-29-35-15-6-7-16-36(35)32-51(44)60(50(41)33-39)56-58-49-27-24-37(31-46(49)55(59-56)34-13-4-3-5-14-34)38-25-28-53-45(30-38)42-17-9-11-22-52(42)61-53/h3-33H,1-2H3. The Morgan fingerprint density at radius 3 is 1.98 bits per heavy atom. The average Bonchev–Trinajstić information content (AvgIpc) is 3.92. The zero-order chi connectivity index (χ0) is 40.4. The molecular weight excluding hydrogens is 743 g/mol. The van der Waals surface area contributed by atoms with Gasteiger partial charge in [0.2, 0.25) is 5.95 Å². The van der Waals surface area contributed by atoms with Crippen molar-refractivity contribution in [2.24, 2.45) is 0 Å². The first-order valence-corrected chi connectivity index (χ1v) is 21.0. The van der Waals surface area contributed by atoms with E-state index in [0.29, 0.717) is 5.95 Å². The van der Waals surface area contributed by atoms with E-state index in [4.69, 9.17) is 14.4 Å². The van der Waals surface area contributed by atoms with Gasteiger partial charge in [-0.1, -0.05) is 153 Å². The first-order valence-electron chi connectivity index (χ1n) is 21.0. The molecule has 0 amide bonds. The zero-order valence-corrected chi connectivity index (χ0v) is 33.6. The van der Waals surface area contributed by atoms with Gasteiger partial charge >= 0.3 is 0 Å². The van der Waals surface area contributed by atoms with Crippen molar-refractivity contribution < 1.29 is 4.42 Å². The van der Waals surface area contributed by atoms with Crippen LogP contribution in [0.5, 0.6) is 0 Å². The number of furan rings is 1. The third-order valence-corrected chi connectivity index (χ3v) is 13.2. The summed E-state index contributed by atoms with van der Waals surface area (Å²) >= 11 is 0. The molecule has 3 aromatic heterocycles. The van der Waals surface area contributed by atoms with Crippen LogP contribution < -0.4 is 0 Å². The van der Waals surface area contributed by atoms with Crippen LogP contribution in [-0.4, -0.2) is 14.5 Å². The molecule has 13 rings (SSSR count). The Bertz CT molecular complexity index is 3800. The van der Waals surface area contributed by atoms with Crippen molar-refractivity contribution in [3.8, 4) is 50.6 Å². The SMILES string of the molecule is CC1(C)c2ccccc2-c2c(-c3ccc4c5cc6ccccc6cc5n(-c5nc(-c6ccccc6)c6cc(-c7ccc8oc9ccccc9c8c7)ccc6n5)c4c3)cccc21. The molecule has 3 heterocycles. The lowest BCUT2D eigenvalue weighted by Crippen LogP contribution is -2.14. The van der Waals surface area contributed by atoms with E-state index < -0.39 is 0 Å². The number of fused-ring (bicyclic) bond motifs is 11. The highest BCUT2D eigenvalue weighted by molar-refractivity contribution is 6.15. The third kappa shape index (κ3) is 5.00. The molecule has 4 nitrogen and oxygen atoms in total. The molecule has 0 aliphatic heterocycles. The van der Waals surface area contributed by atoms with Crippen molar-refractivity contribution in [2.45, 2.75) is 19.3 Å². The van der Waals surface area contributed by atoms with Crippen molar-refractivity contribution in [2.75, 3.05) is 0 Å². The van der Waals surface area contributed by atoms with Gasteiger partial charge in [0.05, 0.1) is 22.2 Å². The summed E-state index contributed by atoms with van der Waals surface area (Å²) in [6, 6.07) is 67.7. The summed E-state index contributed by atoms with van der Waals surface area (Å²) in [4.78, 5) is 11.0. The average molecular weight is 780 g/mol. The minimum atomic E-state index is -0.0892. The van der Waals surface area contributed by atoms with E-state index >= 15 is 0 Å². The maximum absolute atomic E-state index is 6.18. The van der Waals surface area contributed by atoms with Gasteiger partial charge in [-0.2, -0.15) is 0 Å². The fourth-order valence-corrected chi connectivity index (χ4v) is 10.2. The summed E-state index contributed by atoms with van der Waals surface area (Å²) in [5, 5.41) is 7.94. The second-order valence-electron chi connectivity index (χ2n) is 17.0. The van der Waals surface area contributed by atoms with E-state index in [0.717, 1.165) is 66.3 Å². The quantitative estimate of drug-likeness (QED) is 0.179. The molecule has 0 bridgehead atoms. The van der Waals surface area contributed by atoms with Gasteiger partial charge in [-0.05, 0) is 104 Å². The molecule has 0 radical (unpaired) electrons. The molecule has 0 fully saturated rings. The number of nitrogens with zero attached hydrogens (tertiary/aromatic N) is 3. The third-order valence-electron chi connectivity index (χ3n) is 13.2.